The van der Waals surface area contributed by atoms with Crippen LogP contribution in [0.4, 0.5) is 0 Å². The van der Waals surface area contributed by atoms with Crippen molar-refractivity contribution in [3.63, 3.8) is 0 Å². The van der Waals surface area contributed by atoms with E-state index in [-0.39, 0.29) is 21.1 Å². The van der Waals surface area contributed by atoms with Crippen LogP contribution in [-0.4, -0.2) is 14.2 Å². The van der Waals surface area contributed by atoms with Crippen molar-refractivity contribution in [2.45, 2.75) is 0 Å². The summed E-state index contributed by atoms with van der Waals surface area (Å²) in [6.07, 6.45) is 2.85. The van der Waals surface area contributed by atoms with Crippen molar-refractivity contribution in [3.05, 3.63) is 36.8 Å². The van der Waals surface area contributed by atoms with Crippen molar-refractivity contribution in [1.82, 2.24) is 0 Å². The first-order chi connectivity index (χ1) is 4.79. The summed E-state index contributed by atoms with van der Waals surface area (Å²) in [5, 5.41) is 0. The van der Waals surface area contributed by atoms with Gasteiger partial charge in [0.2, 0.25) is 0 Å². The Kier molecular flexibility index (Phi) is 9.08. The van der Waals surface area contributed by atoms with Gasteiger partial charge in [-0.25, -0.2) is 0 Å². The SMILES string of the molecule is [CH-]=C/C(OC)=C(\C=C)OC.[W]. The molecule has 0 fully saturated rings. The Labute approximate surface area is 81.8 Å². The third kappa shape index (κ3) is 4.05. The number of ether oxygens (including phenoxy) is 2. The first-order valence-electron chi connectivity index (χ1n) is 2.79. The van der Waals surface area contributed by atoms with Gasteiger partial charge in [-0.15, -0.1) is 0 Å². The van der Waals surface area contributed by atoms with Gasteiger partial charge in [-0.1, -0.05) is 6.58 Å². The van der Waals surface area contributed by atoms with E-state index >= 15 is 0 Å². The van der Waals surface area contributed by atoms with Gasteiger partial charge in [0.1, 0.15) is 0 Å². The Morgan fingerprint density at radius 2 is 1.73 bits per heavy atom. The van der Waals surface area contributed by atoms with E-state index in [0.29, 0.717) is 11.5 Å². The molecular formula is C8H11O2W-. The average molecular weight is 323 g/mol. The normalized spacial score (nSPS) is 10.4. The van der Waals surface area contributed by atoms with Crippen molar-refractivity contribution >= 4 is 0 Å². The molecule has 11 heavy (non-hydrogen) atoms. The van der Waals surface area contributed by atoms with Crippen molar-refractivity contribution in [2.75, 3.05) is 14.2 Å². The number of rotatable bonds is 4. The second-order valence-corrected chi connectivity index (χ2v) is 1.51. The summed E-state index contributed by atoms with van der Waals surface area (Å²) in [6.45, 7) is 8.71. The maximum atomic E-state index is 5.20. The van der Waals surface area contributed by atoms with Crippen molar-refractivity contribution in [2.24, 2.45) is 0 Å². The van der Waals surface area contributed by atoms with Crippen LogP contribution >= 0.6 is 0 Å². The van der Waals surface area contributed by atoms with Gasteiger partial charge >= 0.3 is 0 Å². The average Bonchev–Trinajstić information content (AvgIpc) is 2.00. The van der Waals surface area contributed by atoms with E-state index in [9.17, 15) is 0 Å². The van der Waals surface area contributed by atoms with E-state index in [1.54, 1.807) is 0 Å². The molecule has 0 N–H and O–H groups in total. The summed E-state index contributed by atoms with van der Waals surface area (Å²) in [5.74, 6) is 1.02. The molecule has 0 spiro atoms. The second kappa shape index (κ2) is 7.61. The number of hydrogen-bond acceptors (Lipinski definition) is 2. The molecule has 0 bridgehead atoms. The Hall–Kier alpha value is -0.492. The van der Waals surface area contributed by atoms with Crippen LogP contribution in [0.25, 0.3) is 0 Å². The Morgan fingerprint density at radius 1 is 1.27 bits per heavy atom. The van der Waals surface area contributed by atoms with Gasteiger partial charge in [0.05, 0.1) is 20.0 Å². The molecule has 2 nitrogen and oxygen atoms in total. The Bertz CT molecular complexity index is 143. The molecule has 0 aromatic heterocycles. The topological polar surface area (TPSA) is 18.5 Å². The number of hydrogen-bond donors (Lipinski definition) is 0. The number of allylic oxidation sites excluding steroid dienone is 2. The van der Waals surface area contributed by atoms with E-state index in [0.717, 1.165) is 0 Å². The van der Waals surface area contributed by atoms with E-state index < -0.39 is 0 Å². The molecule has 0 saturated carbocycles. The summed E-state index contributed by atoms with van der Waals surface area (Å²) < 4.78 is 9.71. The van der Waals surface area contributed by atoms with E-state index in [1.165, 1.54) is 26.4 Å². The van der Waals surface area contributed by atoms with E-state index in [4.69, 9.17) is 16.1 Å². The summed E-state index contributed by atoms with van der Waals surface area (Å²) in [4.78, 5) is 0. The van der Waals surface area contributed by atoms with E-state index in [2.05, 4.69) is 6.58 Å². The van der Waals surface area contributed by atoms with Gasteiger partial charge < -0.3 is 9.47 Å². The predicted octanol–water partition coefficient (Wildman–Crippen LogP) is 1.66. The second-order valence-electron chi connectivity index (χ2n) is 1.51. The molecule has 0 unspecified atom stereocenters. The molecule has 0 aliphatic rings. The van der Waals surface area contributed by atoms with Gasteiger partial charge in [0, 0.05) is 26.8 Å². The van der Waals surface area contributed by atoms with Gasteiger partial charge in [-0.3, -0.25) is 6.58 Å². The maximum Gasteiger partial charge on any atom is 0.0780 e. The third-order valence-corrected chi connectivity index (χ3v) is 1.02. The molecule has 0 aliphatic carbocycles. The van der Waals surface area contributed by atoms with Crippen molar-refractivity contribution < 1.29 is 30.5 Å². The smallest absolute Gasteiger partial charge is 0.0780 e. The molecule has 0 atom stereocenters. The van der Waals surface area contributed by atoms with Gasteiger partial charge in [-0.2, -0.15) is 6.08 Å². The van der Waals surface area contributed by atoms with Crippen LogP contribution in [0.5, 0.6) is 0 Å². The summed E-state index contributed by atoms with van der Waals surface area (Å²) in [6, 6.07) is 0. The van der Waals surface area contributed by atoms with Crippen LogP contribution in [0.2, 0.25) is 0 Å². The standard InChI is InChI=1S/C8H11O2.W/c1-5-7(9-3)8(6-2)10-4;/h1,5-6H,2H2,3-4H3;/q-1;/b8-7-;. The molecule has 0 aliphatic heterocycles. The molecule has 3 heteroatoms. The minimum atomic E-state index is 0. The van der Waals surface area contributed by atoms with Gasteiger partial charge in [0.15, 0.2) is 0 Å². The maximum absolute atomic E-state index is 5.20. The van der Waals surface area contributed by atoms with Crippen molar-refractivity contribution in [3.8, 4) is 0 Å². The largest absolute Gasteiger partial charge is 0.578 e. The molecule has 0 saturated heterocycles. The van der Waals surface area contributed by atoms with Gasteiger partial charge in [-0.05, 0) is 6.08 Å². The Morgan fingerprint density at radius 3 is 1.82 bits per heavy atom. The van der Waals surface area contributed by atoms with Crippen LogP contribution in [0.3, 0.4) is 0 Å². The number of methoxy groups -OCH3 is 2. The van der Waals surface area contributed by atoms with Crippen molar-refractivity contribution in [1.29, 1.82) is 0 Å². The van der Waals surface area contributed by atoms with E-state index in [1.807, 2.05) is 0 Å². The monoisotopic (exact) mass is 323 g/mol. The third-order valence-electron chi connectivity index (χ3n) is 1.02. The quantitative estimate of drug-likeness (QED) is 0.445. The fraction of sp³-hybridized carbons (Fsp3) is 0.250. The van der Waals surface area contributed by atoms with Gasteiger partial charge in [0.25, 0.3) is 0 Å². The molecular weight excluding hydrogens is 312 g/mol. The molecule has 0 aromatic rings. The zero-order chi connectivity index (χ0) is 7.98. The Balaban J connectivity index is 0. The minimum Gasteiger partial charge on any atom is -0.578 e. The van der Waals surface area contributed by atoms with Crippen LogP contribution in [0, 0.1) is 6.58 Å². The molecule has 0 heterocycles. The molecule has 62 valence electrons. The summed E-state index contributed by atoms with van der Waals surface area (Å²) in [5.41, 5.74) is 0. The zero-order valence-corrected chi connectivity index (χ0v) is 9.60. The fourth-order valence-electron chi connectivity index (χ4n) is 0.535. The summed E-state index contributed by atoms with van der Waals surface area (Å²) >= 11 is 0. The predicted molar refractivity (Wildman–Crippen MR) is 40.1 cm³/mol. The first-order valence-corrected chi connectivity index (χ1v) is 2.79. The van der Waals surface area contributed by atoms with Crippen LogP contribution in [0.1, 0.15) is 0 Å². The molecule has 0 aromatic carbocycles. The minimum absolute atomic E-state index is 0. The van der Waals surface area contributed by atoms with Crippen LogP contribution in [-0.2, 0) is 30.5 Å². The summed E-state index contributed by atoms with van der Waals surface area (Å²) in [7, 11) is 3.04. The first kappa shape index (κ1) is 13.1. The fourth-order valence-corrected chi connectivity index (χ4v) is 0.535. The zero-order valence-electron chi connectivity index (χ0n) is 6.66. The molecule has 0 radical (unpaired) electrons. The van der Waals surface area contributed by atoms with Crippen LogP contribution < -0.4 is 0 Å². The van der Waals surface area contributed by atoms with Crippen LogP contribution in [0.15, 0.2) is 30.2 Å². The molecule has 0 amide bonds. The molecule has 0 rings (SSSR count).